The summed E-state index contributed by atoms with van der Waals surface area (Å²) < 4.78 is 28.6. The van der Waals surface area contributed by atoms with Gasteiger partial charge in [0.2, 0.25) is 0 Å². The van der Waals surface area contributed by atoms with E-state index in [1.165, 1.54) is 6.07 Å². The Hall–Kier alpha value is -1.65. The van der Waals surface area contributed by atoms with E-state index >= 15 is 0 Å². The molecule has 1 aromatic carbocycles. The highest BCUT2D eigenvalue weighted by molar-refractivity contribution is 5.67. The van der Waals surface area contributed by atoms with Crippen LogP contribution in [0.4, 0.5) is 8.78 Å². The van der Waals surface area contributed by atoms with E-state index in [0.29, 0.717) is 12.0 Å². The molecule has 0 radical (unpaired) electrons. The van der Waals surface area contributed by atoms with Crippen LogP contribution in [-0.4, -0.2) is 17.7 Å². The number of benzene rings is 1. The van der Waals surface area contributed by atoms with Gasteiger partial charge in [-0.25, -0.2) is 0 Å². The molecule has 94 valence electrons. The normalized spacial score (nSPS) is 12.5. The molecule has 0 aliphatic rings. The molecule has 1 atom stereocenters. The molecule has 0 heterocycles. The second kappa shape index (κ2) is 6.18. The van der Waals surface area contributed by atoms with E-state index in [0.717, 1.165) is 0 Å². The molecule has 0 saturated heterocycles. The molecule has 0 spiro atoms. The van der Waals surface area contributed by atoms with Crippen molar-refractivity contribution in [2.24, 2.45) is 5.92 Å². The van der Waals surface area contributed by atoms with Crippen molar-refractivity contribution in [3.05, 3.63) is 29.8 Å². The van der Waals surface area contributed by atoms with Crippen LogP contribution in [0.5, 0.6) is 5.75 Å². The summed E-state index contributed by atoms with van der Waals surface area (Å²) in [6.45, 7) is -1.11. The number of alkyl halides is 2. The van der Waals surface area contributed by atoms with Crippen molar-refractivity contribution < 1.29 is 23.4 Å². The Balaban J connectivity index is 2.72. The minimum Gasteiger partial charge on any atom is -0.481 e. The quantitative estimate of drug-likeness (QED) is 0.836. The Kier molecular flexibility index (Phi) is 4.87. The van der Waals surface area contributed by atoms with Gasteiger partial charge in [-0.1, -0.05) is 25.1 Å². The third kappa shape index (κ3) is 4.80. The zero-order valence-electron chi connectivity index (χ0n) is 9.40. The van der Waals surface area contributed by atoms with Gasteiger partial charge in [-0.3, -0.25) is 4.79 Å². The van der Waals surface area contributed by atoms with Crippen molar-refractivity contribution in [3.8, 4) is 5.75 Å². The van der Waals surface area contributed by atoms with Crippen LogP contribution in [0.3, 0.4) is 0 Å². The molecule has 0 fully saturated rings. The summed E-state index contributed by atoms with van der Waals surface area (Å²) in [6.07, 6.45) is 0.401. The van der Waals surface area contributed by atoms with Gasteiger partial charge < -0.3 is 9.84 Å². The van der Waals surface area contributed by atoms with Crippen LogP contribution in [0.2, 0.25) is 0 Å². The number of hydrogen-bond acceptors (Lipinski definition) is 2. The average Bonchev–Trinajstić information content (AvgIpc) is 2.18. The molecule has 1 rings (SSSR count). The topological polar surface area (TPSA) is 46.5 Å². The highest BCUT2D eigenvalue weighted by Gasteiger charge is 2.13. The van der Waals surface area contributed by atoms with Crippen molar-refractivity contribution >= 4 is 5.97 Å². The smallest absolute Gasteiger partial charge is 0.387 e. The van der Waals surface area contributed by atoms with E-state index in [4.69, 9.17) is 5.11 Å². The van der Waals surface area contributed by atoms with E-state index in [-0.39, 0.29) is 18.1 Å². The first kappa shape index (κ1) is 13.4. The number of rotatable bonds is 6. The lowest BCUT2D eigenvalue weighted by atomic mass is 9.97. The fraction of sp³-hybridized carbons (Fsp3) is 0.417. The molecular formula is C12H14F2O3. The summed E-state index contributed by atoms with van der Waals surface area (Å²) in [5, 5.41) is 8.63. The van der Waals surface area contributed by atoms with Gasteiger partial charge in [0.1, 0.15) is 5.75 Å². The van der Waals surface area contributed by atoms with Crippen molar-refractivity contribution in [1.29, 1.82) is 0 Å². The number of carbonyl (C=O) groups is 1. The molecule has 1 N–H and O–H groups in total. The van der Waals surface area contributed by atoms with Gasteiger partial charge in [0.25, 0.3) is 0 Å². The molecule has 1 aromatic rings. The van der Waals surface area contributed by atoms with E-state index in [1.807, 2.05) is 0 Å². The fourth-order valence-corrected chi connectivity index (χ4v) is 1.63. The summed E-state index contributed by atoms with van der Waals surface area (Å²) in [6, 6.07) is 6.43. The molecule has 0 aliphatic carbocycles. The number of carboxylic acids is 1. The lowest BCUT2D eigenvalue weighted by molar-refractivity contribution is -0.137. The first-order valence-electron chi connectivity index (χ1n) is 5.23. The van der Waals surface area contributed by atoms with E-state index < -0.39 is 12.6 Å². The molecule has 0 amide bonds. The van der Waals surface area contributed by atoms with Gasteiger partial charge in [-0.15, -0.1) is 0 Å². The number of para-hydroxylation sites is 1. The first-order valence-corrected chi connectivity index (χ1v) is 5.23. The van der Waals surface area contributed by atoms with Crippen molar-refractivity contribution in [1.82, 2.24) is 0 Å². The third-order valence-corrected chi connectivity index (χ3v) is 2.28. The van der Waals surface area contributed by atoms with Crippen molar-refractivity contribution in [2.45, 2.75) is 26.4 Å². The number of ether oxygens (including phenoxy) is 1. The number of carboxylic acid groups (broad SMARTS) is 1. The molecule has 0 aromatic heterocycles. The molecule has 17 heavy (non-hydrogen) atoms. The van der Waals surface area contributed by atoms with E-state index in [9.17, 15) is 13.6 Å². The summed E-state index contributed by atoms with van der Waals surface area (Å²) in [5.41, 5.74) is 0.599. The molecule has 0 bridgehead atoms. The standard InChI is InChI=1S/C12H14F2O3/c1-8(7-11(15)16)6-9-4-2-3-5-10(9)17-12(13)14/h2-5,8,12H,6-7H2,1H3,(H,15,16). The van der Waals surface area contributed by atoms with Gasteiger partial charge in [-0.05, 0) is 24.0 Å². The van der Waals surface area contributed by atoms with Gasteiger partial charge in [-0.2, -0.15) is 8.78 Å². The molecule has 3 nitrogen and oxygen atoms in total. The summed E-state index contributed by atoms with van der Waals surface area (Å²) in [4.78, 5) is 10.5. The van der Waals surface area contributed by atoms with Gasteiger partial charge in [0.05, 0.1) is 0 Å². The molecule has 5 heteroatoms. The third-order valence-electron chi connectivity index (χ3n) is 2.28. The van der Waals surface area contributed by atoms with Gasteiger partial charge in [0.15, 0.2) is 0 Å². The van der Waals surface area contributed by atoms with Crippen molar-refractivity contribution in [3.63, 3.8) is 0 Å². The van der Waals surface area contributed by atoms with Crippen LogP contribution in [0, 0.1) is 5.92 Å². The molecule has 0 saturated carbocycles. The number of hydrogen-bond donors (Lipinski definition) is 1. The lowest BCUT2D eigenvalue weighted by Gasteiger charge is -2.13. The van der Waals surface area contributed by atoms with Crippen LogP contribution in [0.1, 0.15) is 18.9 Å². The first-order chi connectivity index (χ1) is 7.99. The van der Waals surface area contributed by atoms with Gasteiger partial charge >= 0.3 is 12.6 Å². The maximum Gasteiger partial charge on any atom is 0.387 e. The molecule has 1 unspecified atom stereocenters. The number of aliphatic carboxylic acids is 1. The second-order valence-electron chi connectivity index (χ2n) is 3.89. The Morgan fingerprint density at radius 2 is 2.06 bits per heavy atom. The lowest BCUT2D eigenvalue weighted by Crippen LogP contribution is -2.09. The SMILES string of the molecule is CC(CC(=O)O)Cc1ccccc1OC(F)F. The largest absolute Gasteiger partial charge is 0.481 e. The Labute approximate surface area is 98.0 Å². The van der Waals surface area contributed by atoms with Crippen LogP contribution in [0.25, 0.3) is 0 Å². The highest BCUT2D eigenvalue weighted by atomic mass is 19.3. The van der Waals surface area contributed by atoms with Crippen LogP contribution < -0.4 is 4.74 Å². The zero-order chi connectivity index (χ0) is 12.8. The Morgan fingerprint density at radius 3 is 2.65 bits per heavy atom. The predicted octanol–water partition coefficient (Wildman–Crippen LogP) is 2.94. The monoisotopic (exact) mass is 244 g/mol. The number of halogens is 2. The zero-order valence-corrected chi connectivity index (χ0v) is 9.40. The highest BCUT2D eigenvalue weighted by Crippen LogP contribution is 2.24. The average molecular weight is 244 g/mol. The Morgan fingerprint density at radius 1 is 1.41 bits per heavy atom. The van der Waals surface area contributed by atoms with Crippen molar-refractivity contribution in [2.75, 3.05) is 0 Å². The van der Waals surface area contributed by atoms with Crippen LogP contribution in [0.15, 0.2) is 24.3 Å². The summed E-state index contributed by atoms with van der Waals surface area (Å²) in [7, 11) is 0. The Bertz CT molecular complexity index is 380. The predicted molar refractivity (Wildman–Crippen MR) is 58.2 cm³/mol. The van der Waals surface area contributed by atoms with Gasteiger partial charge in [0, 0.05) is 6.42 Å². The maximum absolute atomic E-state index is 12.1. The minimum atomic E-state index is -2.87. The maximum atomic E-state index is 12.1. The van der Waals surface area contributed by atoms with E-state index in [2.05, 4.69) is 4.74 Å². The fourth-order valence-electron chi connectivity index (χ4n) is 1.63. The van der Waals surface area contributed by atoms with Crippen LogP contribution >= 0.6 is 0 Å². The molecule has 0 aliphatic heterocycles. The minimum absolute atomic E-state index is 0.00299. The van der Waals surface area contributed by atoms with E-state index in [1.54, 1.807) is 25.1 Å². The summed E-state index contributed by atoms with van der Waals surface area (Å²) >= 11 is 0. The van der Waals surface area contributed by atoms with Crippen LogP contribution in [-0.2, 0) is 11.2 Å². The molecular weight excluding hydrogens is 230 g/mol. The summed E-state index contributed by atoms with van der Waals surface area (Å²) in [5.74, 6) is -0.917. The second-order valence-corrected chi connectivity index (χ2v) is 3.89.